The van der Waals surface area contributed by atoms with Crippen LogP contribution in [-0.4, -0.2) is 4.57 Å². The van der Waals surface area contributed by atoms with Crippen molar-refractivity contribution < 1.29 is 0 Å². The Morgan fingerprint density at radius 1 is 0.344 bits per heavy atom. The fourth-order valence-corrected chi connectivity index (χ4v) is 10.2. The van der Waals surface area contributed by atoms with Crippen LogP contribution >= 0.6 is 0 Å². The van der Waals surface area contributed by atoms with Gasteiger partial charge >= 0.3 is 0 Å². The van der Waals surface area contributed by atoms with Gasteiger partial charge in [0.2, 0.25) is 0 Å². The molecule has 2 nitrogen and oxygen atoms in total. The van der Waals surface area contributed by atoms with Crippen molar-refractivity contribution in [3.63, 3.8) is 0 Å². The van der Waals surface area contributed by atoms with E-state index in [9.17, 15) is 0 Å². The second-order valence-electron chi connectivity index (χ2n) is 16.1. The minimum absolute atomic E-state index is 0.511. The van der Waals surface area contributed by atoms with Gasteiger partial charge in [-0.3, -0.25) is 0 Å². The summed E-state index contributed by atoms with van der Waals surface area (Å²) >= 11 is 0. The third-order valence-electron chi connectivity index (χ3n) is 12.8. The van der Waals surface area contributed by atoms with Crippen LogP contribution in [0.3, 0.4) is 0 Å². The van der Waals surface area contributed by atoms with Crippen LogP contribution in [0.4, 0.5) is 17.1 Å². The third kappa shape index (κ3) is 5.43. The first-order chi connectivity index (χ1) is 30.3. The third-order valence-corrected chi connectivity index (χ3v) is 12.8. The van der Waals surface area contributed by atoms with E-state index in [-0.39, 0.29) is 0 Å². The lowest BCUT2D eigenvalue weighted by molar-refractivity contribution is 0.768. The highest BCUT2D eigenvalue weighted by molar-refractivity contribution is 6.10. The Hall–Kier alpha value is -7.94. The molecule has 0 saturated heterocycles. The molecule has 12 rings (SSSR count). The normalized spacial score (nSPS) is 12.7. The van der Waals surface area contributed by atoms with E-state index in [1.807, 2.05) is 0 Å². The maximum Gasteiger partial charge on any atom is 0.0714 e. The first-order valence-electron chi connectivity index (χ1n) is 21.1. The smallest absolute Gasteiger partial charge is 0.0714 e. The van der Waals surface area contributed by atoms with Gasteiger partial charge in [-0.1, -0.05) is 188 Å². The van der Waals surface area contributed by atoms with Gasteiger partial charge in [0.15, 0.2) is 0 Å². The van der Waals surface area contributed by atoms with E-state index in [0.717, 1.165) is 28.3 Å². The van der Waals surface area contributed by atoms with E-state index >= 15 is 0 Å². The maximum absolute atomic E-state index is 2.47. The molecular formula is C59H40N2. The number of rotatable bonds is 7. The van der Waals surface area contributed by atoms with Gasteiger partial charge in [0.05, 0.1) is 22.1 Å². The van der Waals surface area contributed by atoms with Crippen molar-refractivity contribution >= 4 is 49.6 Å². The highest BCUT2D eigenvalue weighted by atomic mass is 15.1. The Kier molecular flexibility index (Phi) is 8.11. The maximum atomic E-state index is 2.47. The lowest BCUT2D eigenvalue weighted by atomic mass is 9.67. The Bertz CT molecular complexity index is 3370. The molecule has 1 heterocycles. The average Bonchev–Trinajstić information content (AvgIpc) is 3.83. The van der Waals surface area contributed by atoms with E-state index in [2.05, 4.69) is 252 Å². The van der Waals surface area contributed by atoms with Crippen molar-refractivity contribution in [2.75, 3.05) is 4.90 Å². The van der Waals surface area contributed by atoms with Crippen LogP contribution in [0.25, 0.3) is 60.5 Å². The Labute approximate surface area is 355 Å². The SMILES string of the molecule is c1ccc(-n2c3ccccc3c3ccc(-c4cccc(N(c5ccc6c(c5)C(c5ccccc5)(c5ccccc5)c5ccccc5-6)c5cccc6ccccc56)c4)cc32)cc1. The van der Waals surface area contributed by atoms with Gasteiger partial charge in [-0.2, -0.15) is 0 Å². The van der Waals surface area contributed by atoms with Crippen molar-refractivity contribution in [2.24, 2.45) is 0 Å². The molecule has 0 unspecified atom stereocenters. The van der Waals surface area contributed by atoms with E-state index in [0.29, 0.717) is 0 Å². The summed E-state index contributed by atoms with van der Waals surface area (Å²) in [5, 5.41) is 4.91. The molecule has 1 aliphatic rings. The molecule has 61 heavy (non-hydrogen) atoms. The minimum atomic E-state index is -0.511. The molecule has 0 N–H and O–H groups in total. The summed E-state index contributed by atoms with van der Waals surface area (Å²) in [5.74, 6) is 0. The van der Waals surface area contributed by atoms with E-state index in [1.54, 1.807) is 0 Å². The number of benzene rings is 10. The molecule has 0 atom stereocenters. The summed E-state index contributed by atoms with van der Waals surface area (Å²) in [4.78, 5) is 2.47. The molecule has 0 bridgehead atoms. The van der Waals surface area contributed by atoms with Crippen molar-refractivity contribution in [1.82, 2.24) is 4.57 Å². The predicted molar refractivity (Wildman–Crippen MR) is 256 cm³/mol. The number of fused-ring (bicyclic) bond motifs is 7. The molecule has 0 spiro atoms. The second kappa shape index (κ2) is 14.1. The van der Waals surface area contributed by atoms with Crippen LogP contribution in [0.15, 0.2) is 243 Å². The number of anilines is 3. The van der Waals surface area contributed by atoms with Gasteiger partial charge < -0.3 is 9.47 Å². The minimum Gasteiger partial charge on any atom is -0.310 e. The zero-order chi connectivity index (χ0) is 40.3. The van der Waals surface area contributed by atoms with Crippen LogP contribution in [0.5, 0.6) is 0 Å². The summed E-state index contributed by atoms with van der Waals surface area (Å²) in [6.07, 6.45) is 0. The van der Waals surface area contributed by atoms with Crippen LogP contribution in [0, 0.1) is 0 Å². The first-order valence-corrected chi connectivity index (χ1v) is 21.1. The van der Waals surface area contributed by atoms with Crippen molar-refractivity contribution in [3.8, 4) is 27.9 Å². The summed E-state index contributed by atoms with van der Waals surface area (Å²) in [6, 6.07) is 89.1. The van der Waals surface area contributed by atoms with E-state index < -0.39 is 5.41 Å². The fraction of sp³-hybridized carbons (Fsp3) is 0.0169. The van der Waals surface area contributed by atoms with Gasteiger partial charge in [0, 0.05) is 33.2 Å². The molecule has 0 fully saturated rings. The standard InChI is InChI=1S/C59H40N2/c1-4-21-44(22-5-1)59(45-23-6-2-7-24-45)54-31-14-12-29-50(54)51-37-35-48(40-55(51)59)60(56-33-17-19-41-18-10-11-28-49(41)56)47-27-16-20-42(38-47)43-34-36-53-52-30-13-15-32-57(52)61(58(53)39-43)46-25-8-3-9-26-46/h1-40H. The van der Waals surface area contributed by atoms with Crippen LogP contribution in [0.1, 0.15) is 22.3 Å². The zero-order valence-corrected chi connectivity index (χ0v) is 33.5. The number of nitrogens with zero attached hydrogens (tertiary/aromatic N) is 2. The zero-order valence-electron chi connectivity index (χ0n) is 33.5. The number of para-hydroxylation sites is 2. The lowest BCUT2D eigenvalue weighted by Gasteiger charge is -2.35. The molecule has 0 aliphatic heterocycles. The van der Waals surface area contributed by atoms with Crippen molar-refractivity contribution in [2.45, 2.75) is 5.41 Å². The molecule has 1 aromatic heterocycles. The van der Waals surface area contributed by atoms with Gasteiger partial charge in [0.25, 0.3) is 0 Å². The van der Waals surface area contributed by atoms with Gasteiger partial charge in [-0.15, -0.1) is 0 Å². The van der Waals surface area contributed by atoms with Crippen molar-refractivity contribution in [1.29, 1.82) is 0 Å². The van der Waals surface area contributed by atoms with E-state index in [1.165, 1.54) is 71.5 Å². The highest BCUT2D eigenvalue weighted by Gasteiger charge is 2.46. The van der Waals surface area contributed by atoms with Crippen LogP contribution in [-0.2, 0) is 5.41 Å². The highest BCUT2D eigenvalue weighted by Crippen LogP contribution is 2.57. The Morgan fingerprint density at radius 3 is 1.74 bits per heavy atom. The molecule has 11 aromatic rings. The van der Waals surface area contributed by atoms with Crippen LogP contribution in [0.2, 0.25) is 0 Å². The summed E-state index contributed by atoms with van der Waals surface area (Å²) in [7, 11) is 0. The lowest BCUT2D eigenvalue weighted by Crippen LogP contribution is -2.28. The Balaban J connectivity index is 1.09. The summed E-state index contributed by atoms with van der Waals surface area (Å²) in [6.45, 7) is 0. The monoisotopic (exact) mass is 776 g/mol. The fourth-order valence-electron chi connectivity index (χ4n) is 10.2. The average molecular weight is 777 g/mol. The molecule has 0 saturated carbocycles. The van der Waals surface area contributed by atoms with Crippen LogP contribution < -0.4 is 4.90 Å². The molecule has 286 valence electrons. The second-order valence-corrected chi connectivity index (χ2v) is 16.1. The predicted octanol–water partition coefficient (Wildman–Crippen LogP) is 15.4. The first kappa shape index (κ1) is 35.0. The molecule has 10 aromatic carbocycles. The molecule has 2 heteroatoms. The molecule has 0 amide bonds. The van der Waals surface area contributed by atoms with Gasteiger partial charge in [-0.25, -0.2) is 0 Å². The Morgan fingerprint density at radius 2 is 0.934 bits per heavy atom. The van der Waals surface area contributed by atoms with Crippen molar-refractivity contribution in [3.05, 3.63) is 265 Å². The summed E-state index contributed by atoms with van der Waals surface area (Å²) in [5.41, 5.74) is 16.4. The van der Waals surface area contributed by atoms with Gasteiger partial charge in [0.1, 0.15) is 0 Å². The number of hydrogen-bond donors (Lipinski definition) is 0. The van der Waals surface area contributed by atoms with Gasteiger partial charge in [-0.05, 0) is 104 Å². The quantitative estimate of drug-likeness (QED) is 0.156. The number of aromatic nitrogens is 1. The largest absolute Gasteiger partial charge is 0.310 e. The molecule has 1 aliphatic carbocycles. The number of hydrogen-bond acceptors (Lipinski definition) is 1. The molecule has 0 radical (unpaired) electrons. The van der Waals surface area contributed by atoms with E-state index in [4.69, 9.17) is 0 Å². The topological polar surface area (TPSA) is 8.17 Å². The summed E-state index contributed by atoms with van der Waals surface area (Å²) < 4.78 is 2.40. The molecular weight excluding hydrogens is 737 g/mol.